The molecule has 0 aromatic carbocycles. The van der Waals surface area contributed by atoms with Crippen molar-refractivity contribution >= 4 is 10.0 Å². The molecule has 1 aliphatic carbocycles. The van der Waals surface area contributed by atoms with Crippen LogP contribution in [0.1, 0.15) is 29.9 Å². The molecule has 0 bridgehead atoms. The van der Waals surface area contributed by atoms with Crippen LogP contribution >= 0.6 is 0 Å². The molecule has 1 aliphatic rings. The van der Waals surface area contributed by atoms with Crippen molar-refractivity contribution < 1.29 is 12.8 Å². The highest BCUT2D eigenvalue weighted by Gasteiger charge is 2.32. The third-order valence-electron chi connectivity index (χ3n) is 2.70. The summed E-state index contributed by atoms with van der Waals surface area (Å²) in [5.74, 6) is 0.988. The van der Waals surface area contributed by atoms with Crippen molar-refractivity contribution in [2.45, 2.75) is 44.2 Å². The van der Waals surface area contributed by atoms with Crippen LogP contribution in [0.4, 0.5) is 0 Å². The van der Waals surface area contributed by atoms with Gasteiger partial charge in [0.1, 0.15) is 16.4 Å². The topological polar surface area (TPSA) is 85.3 Å². The van der Waals surface area contributed by atoms with Gasteiger partial charge in [-0.25, -0.2) is 13.1 Å². The highest BCUT2D eigenvalue weighted by atomic mass is 32.2. The molecular formula is C10H16N2O3S. The zero-order valence-electron chi connectivity index (χ0n) is 9.41. The van der Waals surface area contributed by atoms with Crippen molar-refractivity contribution in [1.82, 2.24) is 4.72 Å². The average molecular weight is 244 g/mol. The van der Waals surface area contributed by atoms with Gasteiger partial charge in [-0.1, -0.05) is 0 Å². The first-order valence-electron chi connectivity index (χ1n) is 5.27. The number of hydrogen-bond donors (Lipinski definition) is 2. The Morgan fingerprint density at radius 3 is 2.50 bits per heavy atom. The van der Waals surface area contributed by atoms with E-state index in [1.54, 1.807) is 13.8 Å². The van der Waals surface area contributed by atoms with Crippen LogP contribution in [0.15, 0.2) is 9.31 Å². The first-order valence-corrected chi connectivity index (χ1v) is 6.75. The fourth-order valence-corrected chi connectivity index (χ4v) is 3.54. The van der Waals surface area contributed by atoms with E-state index in [1.807, 2.05) is 0 Å². The van der Waals surface area contributed by atoms with Crippen LogP contribution in [0.25, 0.3) is 0 Å². The van der Waals surface area contributed by atoms with Gasteiger partial charge < -0.3 is 10.2 Å². The number of aryl methyl sites for hydroxylation is 2. The molecule has 16 heavy (non-hydrogen) atoms. The molecule has 0 atom stereocenters. The van der Waals surface area contributed by atoms with Gasteiger partial charge in [0.25, 0.3) is 0 Å². The standard InChI is InChI=1S/C10H16N2O3S/c1-6-9(5-11)10(7(2)15-6)16(13,14)12-8-3-4-8/h8,12H,3-5,11H2,1-2H3. The molecular weight excluding hydrogens is 228 g/mol. The Kier molecular flexibility index (Phi) is 2.81. The van der Waals surface area contributed by atoms with Gasteiger partial charge in [-0.15, -0.1) is 0 Å². The summed E-state index contributed by atoms with van der Waals surface area (Å²) in [7, 11) is -3.47. The molecule has 1 aromatic rings. The normalized spacial score (nSPS) is 16.7. The van der Waals surface area contributed by atoms with E-state index in [4.69, 9.17) is 10.2 Å². The number of hydrogen-bond acceptors (Lipinski definition) is 4. The van der Waals surface area contributed by atoms with Gasteiger partial charge in [0, 0.05) is 18.2 Å². The number of nitrogens with two attached hydrogens (primary N) is 1. The van der Waals surface area contributed by atoms with Gasteiger partial charge in [-0.3, -0.25) is 0 Å². The minimum Gasteiger partial charge on any atom is -0.465 e. The summed E-state index contributed by atoms with van der Waals surface area (Å²) in [5, 5.41) is 0. The molecule has 0 spiro atoms. The third-order valence-corrected chi connectivity index (χ3v) is 4.41. The lowest BCUT2D eigenvalue weighted by atomic mass is 10.2. The number of sulfonamides is 1. The fourth-order valence-electron chi connectivity index (χ4n) is 1.78. The molecule has 90 valence electrons. The molecule has 0 unspecified atom stereocenters. The van der Waals surface area contributed by atoms with E-state index in [0.29, 0.717) is 17.1 Å². The van der Waals surface area contributed by atoms with Crippen molar-refractivity contribution in [2.75, 3.05) is 0 Å². The maximum Gasteiger partial charge on any atom is 0.244 e. The highest BCUT2D eigenvalue weighted by Crippen LogP contribution is 2.28. The minimum absolute atomic E-state index is 0.0882. The second kappa shape index (κ2) is 3.87. The quantitative estimate of drug-likeness (QED) is 0.820. The maximum atomic E-state index is 12.1. The zero-order valence-corrected chi connectivity index (χ0v) is 10.2. The van der Waals surface area contributed by atoms with Gasteiger partial charge in [-0.05, 0) is 26.7 Å². The molecule has 1 heterocycles. The molecule has 1 fully saturated rings. The van der Waals surface area contributed by atoms with Crippen molar-refractivity contribution in [2.24, 2.45) is 5.73 Å². The van der Waals surface area contributed by atoms with E-state index >= 15 is 0 Å². The first kappa shape index (κ1) is 11.6. The van der Waals surface area contributed by atoms with Gasteiger partial charge in [0.2, 0.25) is 10.0 Å². The predicted octanol–water partition coefficient (Wildman–Crippen LogP) is 0.796. The monoisotopic (exact) mass is 244 g/mol. The first-order chi connectivity index (χ1) is 7.45. The predicted molar refractivity (Wildman–Crippen MR) is 59.4 cm³/mol. The molecule has 2 rings (SSSR count). The molecule has 1 aromatic heterocycles. The molecule has 5 nitrogen and oxygen atoms in total. The summed E-state index contributed by atoms with van der Waals surface area (Å²) < 4.78 is 32.1. The zero-order chi connectivity index (χ0) is 11.9. The summed E-state index contributed by atoms with van der Waals surface area (Å²) in [6.07, 6.45) is 1.82. The van der Waals surface area contributed by atoms with Gasteiger partial charge in [-0.2, -0.15) is 0 Å². The smallest absolute Gasteiger partial charge is 0.244 e. The summed E-state index contributed by atoms with van der Waals surface area (Å²) in [6.45, 7) is 3.54. The third kappa shape index (κ3) is 2.00. The molecule has 1 saturated carbocycles. The van der Waals surface area contributed by atoms with E-state index in [2.05, 4.69) is 4.72 Å². The van der Waals surface area contributed by atoms with Crippen molar-refractivity contribution in [3.05, 3.63) is 17.1 Å². The van der Waals surface area contributed by atoms with Crippen molar-refractivity contribution in [1.29, 1.82) is 0 Å². The summed E-state index contributed by atoms with van der Waals surface area (Å²) >= 11 is 0. The van der Waals surface area contributed by atoms with E-state index in [0.717, 1.165) is 12.8 Å². The number of rotatable bonds is 4. The Hall–Kier alpha value is -0.850. The Labute approximate surface area is 95.1 Å². The highest BCUT2D eigenvalue weighted by molar-refractivity contribution is 7.89. The SMILES string of the molecule is Cc1oc(C)c(S(=O)(=O)NC2CC2)c1CN. The van der Waals surface area contributed by atoms with Crippen LogP contribution in [0.3, 0.4) is 0 Å². The van der Waals surface area contributed by atoms with Gasteiger partial charge in [0.05, 0.1) is 0 Å². The molecule has 0 amide bonds. The summed E-state index contributed by atoms with van der Waals surface area (Å²) in [4.78, 5) is 0.222. The lowest BCUT2D eigenvalue weighted by Crippen LogP contribution is -2.27. The van der Waals surface area contributed by atoms with Crippen LogP contribution in [-0.4, -0.2) is 14.5 Å². The van der Waals surface area contributed by atoms with E-state index < -0.39 is 10.0 Å². The maximum absolute atomic E-state index is 12.1. The van der Waals surface area contributed by atoms with E-state index in [1.165, 1.54) is 0 Å². The Balaban J connectivity index is 2.45. The molecule has 6 heteroatoms. The van der Waals surface area contributed by atoms with Crippen LogP contribution in [0, 0.1) is 13.8 Å². The second-order valence-corrected chi connectivity index (χ2v) is 5.77. The second-order valence-electron chi connectivity index (χ2n) is 4.12. The van der Waals surface area contributed by atoms with Gasteiger partial charge in [0.15, 0.2) is 0 Å². The van der Waals surface area contributed by atoms with Crippen LogP contribution in [0.5, 0.6) is 0 Å². The van der Waals surface area contributed by atoms with Crippen LogP contribution in [-0.2, 0) is 16.6 Å². The Morgan fingerprint density at radius 2 is 2.00 bits per heavy atom. The molecule has 0 aliphatic heterocycles. The summed E-state index contributed by atoms with van der Waals surface area (Å²) in [5.41, 5.74) is 6.13. The lowest BCUT2D eigenvalue weighted by Gasteiger charge is -2.06. The molecule has 0 radical (unpaired) electrons. The largest absolute Gasteiger partial charge is 0.465 e. The number of nitrogens with one attached hydrogen (secondary N) is 1. The fraction of sp³-hybridized carbons (Fsp3) is 0.600. The van der Waals surface area contributed by atoms with Crippen molar-refractivity contribution in [3.8, 4) is 0 Å². The Bertz CT molecular complexity index is 500. The van der Waals surface area contributed by atoms with Gasteiger partial charge >= 0.3 is 0 Å². The summed E-state index contributed by atoms with van der Waals surface area (Å²) in [6, 6.07) is 0.0882. The van der Waals surface area contributed by atoms with Crippen LogP contribution in [0.2, 0.25) is 0 Å². The average Bonchev–Trinajstić information content (AvgIpc) is 2.90. The van der Waals surface area contributed by atoms with E-state index in [-0.39, 0.29) is 17.5 Å². The van der Waals surface area contributed by atoms with Crippen molar-refractivity contribution in [3.63, 3.8) is 0 Å². The molecule has 3 N–H and O–H groups in total. The van der Waals surface area contributed by atoms with Crippen LogP contribution < -0.4 is 10.5 Å². The molecule has 0 saturated heterocycles. The number of furan rings is 1. The minimum atomic E-state index is -3.47. The van der Waals surface area contributed by atoms with E-state index in [9.17, 15) is 8.42 Å². The lowest BCUT2D eigenvalue weighted by molar-refractivity contribution is 0.494. The Morgan fingerprint density at radius 1 is 1.38 bits per heavy atom.